The van der Waals surface area contributed by atoms with Crippen molar-refractivity contribution in [2.45, 2.75) is 46.0 Å². The van der Waals surface area contributed by atoms with Crippen molar-refractivity contribution in [2.75, 3.05) is 32.7 Å². The molecule has 0 aliphatic carbocycles. The molecule has 2 nitrogen and oxygen atoms in total. The number of likely N-dealkylation sites (tertiary alicyclic amines) is 1. The summed E-state index contributed by atoms with van der Waals surface area (Å²) < 4.78 is 0. The molecule has 0 radical (unpaired) electrons. The van der Waals surface area contributed by atoms with Crippen LogP contribution >= 0.6 is 12.4 Å². The first-order valence-electron chi connectivity index (χ1n) is 7.21. The fourth-order valence-electron chi connectivity index (χ4n) is 3.46. The van der Waals surface area contributed by atoms with E-state index in [-0.39, 0.29) is 12.4 Å². The van der Waals surface area contributed by atoms with E-state index in [1.54, 1.807) is 0 Å². The Labute approximate surface area is 113 Å². The minimum atomic E-state index is 0. The Morgan fingerprint density at radius 2 is 2.06 bits per heavy atom. The summed E-state index contributed by atoms with van der Waals surface area (Å²) in [5.41, 5.74) is 0.655. The average molecular weight is 261 g/mol. The number of nitrogens with one attached hydrogen (secondary N) is 1. The van der Waals surface area contributed by atoms with E-state index in [1.165, 1.54) is 64.8 Å². The van der Waals surface area contributed by atoms with Gasteiger partial charge in [0.2, 0.25) is 0 Å². The molecule has 0 aromatic rings. The molecular weight excluding hydrogens is 232 g/mol. The largest absolute Gasteiger partial charge is 0.316 e. The topological polar surface area (TPSA) is 15.3 Å². The van der Waals surface area contributed by atoms with Crippen LogP contribution < -0.4 is 5.32 Å². The van der Waals surface area contributed by atoms with Gasteiger partial charge in [0.15, 0.2) is 0 Å². The molecule has 0 aromatic carbocycles. The van der Waals surface area contributed by atoms with E-state index in [4.69, 9.17) is 0 Å². The van der Waals surface area contributed by atoms with Gasteiger partial charge < -0.3 is 10.2 Å². The van der Waals surface area contributed by atoms with E-state index < -0.39 is 0 Å². The van der Waals surface area contributed by atoms with Crippen LogP contribution in [0.4, 0.5) is 0 Å². The highest BCUT2D eigenvalue weighted by molar-refractivity contribution is 5.85. The Balaban J connectivity index is 0.00000144. The van der Waals surface area contributed by atoms with Gasteiger partial charge in [0.25, 0.3) is 0 Å². The van der Waals surface area contributed by atoms with Crippen LogP contribution in [0.25, 0.3) is 0 Å². The van der Waals surface area contributed by atoms with Crippen LogP contribution in [0.2, 0.25) is 0 Å². The van der Waals surface area contributed by atoms with Gasteiger partial charge in [0.05, 0.1) is 0 Å². The van der Waals surface area contributed by atoms with E-state index in [0.29, 0.717) is 5.41 Å². The van der Waals surface area contributed by atoms with Crippen molar-refractivity contribution < 1.29 is 0 Å². The molecule has 2 aliphatic heterocycles. The second-order valence-corrected chi connectivity index (χ2v) is 5.90. The van der Waals surface area contributed by atoms with Gasteiger partial charge >= 0.3 is 0 Å². The SMILES string of the molecule is CCC1(CC)CCN(CC2CCCNC2)C1.Cl. The van der Waals surface area contributed by atoms with E-state index in [2.05, 4.69) is 24.1 Å². The second-order valence-electron chi connectivity index (χ2n) is 5.90. The number of hydrogen-bond donors (Lipinski definition) is 1. The molecule has 0 spiro atoms. The summed E-state index contributed by atoms with van der Waals surface area (Å²) in [5.74, 6) is 0.915. The van der Waals surface area contributed by atoms with E-state index in [9.17, 15) is 0 Å². The van der Waals surface area contributed by atoms with Gasteiger partial charge in [-0.25, -0.2) is 0 Å². The number of nitrogens with zero attached hydrogens (tertiary/aromatic N) is 1. The predicted octanol–water partition coefficient (Wildman–Crippen LogP) is 2.92. The maximum absolute atomic E-state index is 3.53. The quantitative estimate of drug-likeness (QED) is 0.836. The third kappa shape index (κ3) is 3.84. The molecule has 0 aromatic heterocycles. The van der Waals surface area contributed by atoms with Crippen molar-refractivity contribution in [3.8, 4) is 0 Å². The van der Waals surface area contributed by atoms with E-state index >= 15 is 0 Å². The summed E-state index contributed by atoms with van der Waals surface area (Å²) in [5, 5.41) is 3.53. The second kappa shape index (κ2) is 6.96. The highest BCUT2D eigenvalue weighted by atomic mass is 35.5. The Kier molecular flexibility index (Phi) is 6.25. The van der Waals surface area contributed by atoms with Crippen molar-refractivity contribution in [1.29, 1.82) is 0 Å². The van der Waals surface area contributed by atoms with E-state index in [1.807, 2.05) is 0 Å². The first-order chi connectivity index (χ1) is 7.78. The Morgan fingerprint density at radius 3 is 2.59 bits per heavy atom. The molecule has 1 atom stereocenters. The molecule has 0 amide bonds. The monoisotopic (exact) mass is 260 g/mol. The third-order valence-electron chi connectivity index (χ3n) is 4.93. The maximum Gasteiger partial charge on any atom is 0.00384 e. The van der Waals surface area contributed by atoms with Crippen LogP contribution in [-0.2, 0) is 0 Å². The van der Waals surface area contributed by atoms with Crippen molar-refractivity contribution in [3.05, 3.63) is 0 Å². The summed E-state index contributed by atoms with van der Waals surface area (Å²) in [6.45, 7) is 11.3. The van der Waals surface area contributed by atoms with Gasteiger partial charge in [0, 0.05) is 13.1 Å². The van der Waals surface area contributed by atoms with E-state index in [0.717, 1.165) is 5.92 Å². The fourth-order valence-corrected chi connectivity index (χ4v) is 3.46. The molecular formula is C14H29ClN2. The zero-order chi connectivity index (χ0) is 11.4. The summed E-state index contributed by atoms with van der Waals surface area (Å²) in [7, 11) is 0. The molecule has 17 heavy (non-hydrogen) atoms. The number of hydrogen-bond acceptors (Lipinski definition) is 2. The number of piperidine rings is 1. The third-order valence-corrected chi connectivity index (χ3v) is 4.93. The van der Waals surface area contributed by atoms with Crippen molar-refractivity contribution >= 4 is 12.4 Å². The van der Waals surface area contributed by atoms with Crippen LogP contribution in [-0.4, -0.2) is 37.6 Å². The Bertz CT molecular complexity index is 210. The smallest absolute Gasteiger partial charge is 0.00384 e. The molecule has 2 heterocycles. The predicted molar refractivity (Wildman–Crippen MR) is 76.9 cm³/mol. The lowest BCUT2D eigenvalue weighted by molar-refractivity contribution is 0.203. The molecule has 0 bridgehead atoms. The average Bonchev–Trinajstić information content (AvgIpc) is 2.75. The molecule has 102 valence electrons. The first kappa shape index (κ1) is 15.3. The summed E-state index contributed by atoms with van der Waals surface area (Å²) in [6.07, 6.45) is 6.98. The van der Waals surface area contributed by atoms with Crippen LogP contribution in [0.15, 0.2) is 0 Å². The van der Waals surface area contributed by atoms with Gasteiger partial charge in [-0.2, -0.15) is 0 Å². The van der Waals surface area contributed by atoms with Crippen LogP contribution in [0, 0.1) is 11.3 Å². The zero-order valence-corrected chi connectivity index (χ0v) is 12.3. The van der Waals surface area contributed by atoms with Crippen molar-refractivity contribution in [1.82, 2.24) is 10.2 Å². The van der Waals surface area contributed by atoms with Gasteiger partial charge in [-0.05, 0) is 63.1 Å². The molecule has 1 N–H and O–H groups in total. The lowest BCUT2D eigenvalue weighted by Crippen LogP contribution is -2.38. The molecule has 2 fully saturated rings. The molecule has 0 saturated carbocycles. The van der Waals surface area contributed by atoms with Gasteiger partial charge in [0.1, 0.15) is 0 Å². The zero-order valence-electron chi connectivity index (χ0n) is 11.5. The van der Waals surface area contributed by atoms with Crippen LogP contribution in [0.5, 0.6) is 0 Å². The Hall–Kier alpha value is 0.210. The maximum atomic E-state index is 3.53. The van der Waals surface area contributed by atoms with Gasteiger partial charge in [-0.15, -0.1) is 12.4 Å². The van der Waals surface area contributed by atoms with Crippen molar-refractivity contribution in [2.24, 2.45) is 11.3 Å². The fraction of sp³-hybridized carbons (Fsp3) is 1.00. The van der Waals surface area contributed by atoms with Gasteiger partial charge in [-0.3, -0.25) is 0 Å². The summed E-state index contributed by atoms with van der Waals surface area (Å²) in [4.78, 5) is 2.73. The molecule has 2 saturated heterocycles. The standard InChI is InChI=1S/C14H28N2.ClH/c1-3-14(4-2)7-9-16(12-14)11-13-6-5-8-15-10-13;/h13,15H,3-12H2,1-2H3;1H. The highest BCUT2D eigenvalue weighted by Crippen LogP contribution is 2.37. The lowest BCUT2D eigenvalue weighted by atomic mass is 9.82. The van der Waals surface area contributed by atoms with Crippen LogP contribution in [0.3, 0.4) is 0 Å². The van der Waals surface area contributed by atoms with Gasteiger partial charge in [-0.1, -0.05) is 13.8 Å². The lowest BCUT2D eigenvalue weighted by Gasteiger charge is -2.30. The Morgan fingerprint density at radius 1 is 1.29 bits per heavy atom. The highest BCUT2D eigenvalue weighted by Gasteiger charge is 2.35. The number of halogens is 1. The minimum Gasteiger partial charge on any atom is -0.316 e. The molecule has 3 heteroatoms. The van der Waals surface area contributed by atoms with Crippen molar-refractivity contribution in [3.63, 3.8) is 0 Å². The molecule has 2 rings (SSSR count). The summed E-state index contributed by atoms with van der Waals surface area (Å²) in [6, 6.07) is 0. The minimum absolute atomic E-state index is 0. The van der Waals surface area contributed by atoms with Crippen LogP contribution in [0.1, 0.15) is 46.0 Å². The summed E-state index contributed by atoms with van der Waals surface area (Å²) >= 11 is 0. The molecule has 1 unspecified atom stereocenters. The number of rotatable bonds is 4. The first-order valence-corrected chi connectivity index (χ1v) is 7.21. The molecule has 2 aliphatic rings. The normalized spacial score (nSPS) is 28.9.